The van der Waals surface area contributed by atoms with Crippen LogP contribution in [0.2, 0.25) is 0 Å². The first-order valence-corrected chi connectivity index (χ1v) is 5.59. The molecule has 0 unspecified atom stereocenters. The van der Waals surface area contributed by atoms with E-state index < -0.39 is 0 Å². The molecule has 0 aliphatic rings. The standard InChI is InChI=1S/C11H11N3OS/c1-7-3-2-4-8(5-7)9-6-16-11(13-9)10(12)14-15/h2-6,15H,1H3,(H2,12,14). The number of thiazole rings is 1. The predicted molar refractivity (Wildman–Crippen MR) is 64.8 cm³/mol. The summed E-state index contributed by atoms with van der Waals surface area (Å²) in [7, 11) is 0. The smallest absolute Gasteiger partial charge is 0.199 e. The van der Waals surface area contributed by atoms with Crippen LogP contribution in [0.15, 0.2) is 34.8 Å². The molecule has 3 N–H and O–H groups in total. The molecule has 0 bridgehead atoms. The van der Waals surface area contributed by atoms with Crippen LogP contribution in [0.4, 0.5) is 0 Å². The maximum Gasteiger partial charge on any atom is 0.199 e. The van der Waals surface area contributed by atoms with Crippen molar-refractivity contribution >= 4 is 17.2 Å². The number of benzene rings is 1. The molecular formula is C11H11N3OS. The molecule has 5 heteroatoms. The van der Waals surface area contributed by atoms with Crippen LogP contribution in [0.3, 0.4) is 0 Å². The molecular weight excluding hydrogens is 222 g/mol. The Balaban J connectivity index is 2.39. The van der Waals surface area contributed by atoms with Crippen molar-refractivity contribution in [3.63, 3.8) is 0 Å². The van der Waals surface area contributed by atoms with Gasteiger partial charge in [0.2, 0.25) is 0 Å². The van der Waals surface area contributed by atoms with Crippen molar-refractivity contribution in [3.8, 4) is 11.3 Å². The highest BCUT2D eigenvalue weighted by Gasteiger charge is 2.07. The molecule has 0 atom stereocenters. The van der Waals surface area contributed by atoms with Gasteiger partial charge in [-0.25, -0.2) is 4.98 Å². The lowest BCUT2D eigenvalue weighted by Gasteiger charge is -1.97. The quantitative estimate of drug-likeness (QED) is 0.361. The number of hydrogen-bond donors (Lipinski definition) is 2. The zero-order chi connectivity index (χ0) is 11.5. The summed E-state index contributed by atoms with van der Waals surface area (Å²) >= 11 is 1.36. The van der Waals surface area contributed by atoms with Gasteiger partial charge in [-0.05, 0) is 13.0 Å². The van der Waals surface area contributed by atoms with Crippen molar-refractivity contribution in [3.05, 3.63) is 40.2 Å². The maximum atomic E-state index is 8.54. The number of amidine groups is 1. The van der Waals surface area contributed by atoms with Crippen molar-refractivity contribution < 1.29 is 5.21 Å². The summed E-state index contributed by atoms with van der Waals surface area (Å²) in [4.78, 5) is 4.30. The van der Waals surface area contributed by atoms with E-state index in [-0.39, 0.29) is 5.84 Å². The molecule has 1 aromatic heterocycles. The zero-order valence-corrected chi connectivity index (χ0v) is 9.53. The van der Waals surface area contributed by atoms with Crippen LogP contribution in [0.5, 0.6) is 0 Å². The molecule has 0 radical (unpaired) electrons. The lowest BCUT2D eigenvalue weighted by molar-refractivity contribution is 0.318. The monoisotopic (exact) mass is 233 g/mol. The van der Waals surface area contributed by atoms with Gasteiger partial charge in [0.05, 0.1) is 5.69 Å². The second kappa shape index (κ2) is 4.32. The van der Waals surface area contributed by atoms with Gasteiger partial charge in [0.1, 0.15) is 0 Å². The molecule has 2 rings (SSSR count). The Hall–Kier alpha value is -1.88. The van der Waals surface area contributed by atoms with Gasteiger partial charge in [0.15, 0.2) is 10.8 Å². The number of nitrogens with two attached hydrogens (primary N) is 1. The van der Waals surface area contributed by atoms with Gasteiger partial charge < -0.3 is 10.9 Å². The van der Waals surface area contributed by atoms with Crippen LogP contribution in [0.25, 0.3) is 11.3 Å². The Morgan fingerprint density at radius 1 is 1.50 bits per heavy atom. The molecule has 0 saturated carbocycles. The zero-order valence-electron chi connectivity index (χ0n) is 8.71. The molecule has 0 saturated heterocycles. The number of oxime groups is 1. The highest BCUT2D eigenvalue weighted by Crippen LogP contribution is 2.22. The number of rotatable bonds is 2. The number of aryl methyl sites for hydroxylation is 1. The first-order chi connectivity index (χ1) is 7.70. The van der Waals surface area contributed by atoms with E-state index in [1.165, 1.54) is 16.9 Å². The van der Waals surface area contributed by atoms with Gasteiger partial charge in [-0.2, -0.15) is 0 Å². The lowest BCUT2D eigenvalue weighted by Crippen LogP contribution is -2.12. The Morgan fingerprint density at radius 3 is 3.00 bits per heavy atom. The Kier molecular flexibility index (Phi) is 2.87. The average molecular weight is 233 g/mol. The molecule has 82 valence electrons. The summed E-state index contributed by atoms with van der Waals surface area (Å²) in [6.07, 6.45) is 0. The third kappa shape index (κ3) is 2.04. The van der Waals surface area contributed by atoms with Crippen molar-refractivity contribution in [1.29, 1.82) is 0 Å². The number of nitrogens with zero attached hydrogens (tertiary/aromatic N) is 2. The van der Waals surface area contributed by atoms with Crippen LogP contribution in [-0.4, -0.2) is 16.0 Å². The molecule has 4 nitrogen and oxygen atoms in total. The molecule has 0 aliphatic heterocycles. The van der Waals surface area contributed by atoms with E-state index >= 15 is 0 Å². The minimum absolute atomic E-state index is 0.0453. The summed E-state index contributed by atoms with van der Waals surface area (Å²) < 4.78 is 0. The van der Waals surface area contributed by atoms with E-state index in [4.69, 9.17) is 10.9 Å². The highest BCUT2D eigenvalue weighted by atomic mass is 32.1. The molecule has 16 heavy (non-hydrogen) atoms. The topological polar surface area (TPSA) is 71.5 Å². The van der Waals surface area contributed by atoms with E-state index in [2.05, 4.69) is 10.1 Å². The minimum Gasteiger partial charge on any atom is -0.409 e. The first-order valence-electron chi connectivity index (χ1n) is 4.71. The van der Waals surface area contributed by atoms with Crippen LogP contribution in [0.1, 0.15) is 10.6 Å². The van der Waals surface area contributed by atoms with Crippen LogP contribution >= 0.6 is 11.3 Å². The molecule has 0 amide bonds. The van der Waals surface area contributed by atoms with E-state index in [1.54, 1.807) is 0 Å². The summed E-state index contributed by atoms with van der Waals surface area (Å²) in [6, 6.07) is 8.04. The summed E-state index contributed by atoms with van der Waals surface area (Å²) in [5, 5.41) is 13.9. The lowest BCUT2D eigenvalue weighted by atomic mass is 10.1. The molecule has 1 aromatic carbocycles. The SMILES string of the molecule is Cc1cccc(-c2csc(/C(N)=N/O)n2)c1. The fraction of sp³-hybridized carbons (Fsp3) is 0.0909. The fourth-order valence-corrected chi connectivity index (χ4v) is 2.10. The second-order valence-electron chi connectivity index (χ2n) is 3.39. The van der Waals surface area contributed by atoms with Gasteiger partial charge in [-0.15, -0.1) is 11.3 Å². The van der Waals surface area contributed by atoms with Gasteiger partial charge >= 0.3 is 0 Å². The van der Waals surface area contributed by atoms with Crippen molar-refractivity contribution in [1.82, 2.24) is 4.98 Å². The molecule has 0 fully saturated rings. The van der Waals surface area contributed by atoms with Crippen molar-refractivity contribution in [2.45, 2.75) is 6.92 Å². The van der Waals surface area contributed by atoms with Gasteiger partial charge in [-0.1, -0.05) is 28.9 Å². The Bertz CT molecular complexity index is 534. The Labute approximate surface area is 97.1 Å². The third-order valence-corrected chi connectivity index (χ3v) is 3.01. The van der Waals surface area contributed by atoms with Gasteiger partial charge in [0, 0.05) is 10.9 Å². The normalized spacial score (nSPS) is 11.7. The molecule has 1 heterocycles. The molecule has 2 aromatic rings. The van der Waals surface area contributed by atoms with Crippen molar-refractivity contribution in [2.75, 3.05) is 0 Å². The van der Waals surface area contributed by atoms with Crippen LogP contribution < -0.4 is 5.73 Å². The third-order valence-electron chi connectivity index (χ3n) is 2.14. The largest absolute Gasteiger partial charge is 0.409 e. The predicted octanol–water partition coefficient (Wildman–Crippen LogP) is 2.21. The van der Waals surface area contributed by atoms with E-state index in [9.17, 15) is 0 Å². The first kappa shape index (κ1) is 10.6. The van der Waals surface area contributed by atoms with Crippen LogP contribution in [0, 0.1) is 6.92 Å². The maximum absolute atomic E-state index is 8.54. The minimum atomic E-state index is 0.0453. The number of aromatic nitrogens is 1. The summed E-state index contributed by atoms with van der Waals surface area (Å²) in [6.45, 7) is 2.03. The van der Waals surface area contributed by atoms with Crippen LogP contribution in [-0.2, 0) is 0 Å². The Morgan fingerprint density at radius 2 is 2.31 bits per heavy atom. The van der Waals surface area contributed by atoms with Crippen molar-refractivity contribution in [2.24, 2.45) is 10.9 Å². The van der Waals surface area contributed by atoms with E-state index in [0.29, 0.717) is 5.01 Å². The highest BCUT2D eigenvalue weighted by molar-refractivity contribution is 7.12. The molecule has 0 aliphatic carbocycles. The summed E-state index contributed by atoms with van der Waals surface area (Å²) in [5.74, 6) is 0.0453. The second-order valence-corrected chi connectivity index (χ2v) is 4.25. The fourth-order valence-electron chi connectivity index (χ4n) is 1.37. The number of hydrogen-bond acceptors (Lipinski definition) is 4. The van der Waals surface area contributed by atoms with E-state index in [0.717, 1.165) is 11.3 Å². The van der Waals surface area contributed by atoms with Gasteiger partial charge in [-0.3, -0.25) is 0 Å². The molecule has 0 spiro atoms. The van der Waals surface area contributed by atoms with E-state index in [1.807, 2.05) is 36.6 Å². The summed E-state index contributed by atoms with van der Waals surface area (Å²) in [5.41, 5.74) is 8.52. The average Bonchev–Trinajstić information content (AvgIpc) is 2.77. The van der Waals surface area contributed by atoms with Gasteiger partial charge in [0.25, 0.3) is 0 Å².